The average Bonchev–Trinajstić information content (AvgIpc) is 2.80. The molecule has 0 aliphatic carbocycles. The van der Waals surface area contributed by atoms with E-state index in [4.69, 9.17) is 4.42 Å². The molecule has 0 saturated heterocycles. The molecule has 2 aromatic rings. The summed E-state index contributed by atoms with van der Waals surface area (Å²) in [6.45, 7) is 5.15. The molecule has 0 aliphatic heterocycles. The smallest absolute Gasteiger partial charge is 0.134 e. The third-order valence-corrected chi connectivity index (χ3v) is 3.41. The summed E-state index contributed by atoms with van der Waals surface area (Å²) in [4.78, 5) is 0. The van der Waals surface area contributed by atoms with Crippen LogP contribution in [-0.2, 0) is 0 Å². The SMILES string of the molecule is CCNC(C)c1ccc(-c2ccc(I)cc2)o1. The maximum Gasteiger partial charge on any atom is 0.134 e. The summed E-state index contributed by atoms with van der Waals surface area (Å²) >= 11 is 2.30. The van der Waals surface area contributed by atoms with Crippen molar-refractivity contribution >= 4 is 22.6 Å². The Labute approximate surface area is 116 Å². The van der Waals surface area contributed by atoms with Gasteiger partial charge >= 0.3 is 0 Å². The number of hydrogen-bond donors (Lipinski definition) is 1. The van der Waals surface area contributed by atoms with Crippen LogP contribution in [0.5, 0.6) is 0 Å². The van der Waals surface area contributed by atoms with Gasteiger partial charge in [-0.15, -0.1) is 0 Å². The van der Waals surface area contributed by atoms with Crippen LogP contribution in [0.25, 0.3) is 11.3 Å². The van der Waals surface area contributed by atoms with Gasteiger partial charge in [0.1, 0.15) is 11.5 Å². The molecular weight excluding hydrogens is 325 g/mol. The summed E-state index contributed by atoms with van der Waals surface area (Å²) in [7, 11) is 0. The molecule has 1 N–H and O–H groups in total. The second-order valence-corrected chi connectivity index (χ2v) is 5.23. The lowest BCUT2D eigenvalue weighted by molar-refractivity contribution is 0.445. The van der Waals surface area contributed by atoms with Crippen molar-refractivity contribution in [2.75, 3.05) is 6.54 Å². The zero-order valence-corrected chi connectivity index (χ0v) is 12.2. The lowest BCUT2D eigenvalue weighted by atomic mass is 10.2. The van der Waals surface area contributed by atoms with E-state index >= 15 is 0 Å². The molecule has 0 amide bonds. The van der Waals surface area contributed by atoms with Gasteiger partial charge in [-0.1, -0.05) is 19.1 Å². The summed E-state index contributed by atoms with van der Waals surface area (Å²) in [5.74, 6) is 1.92. The van der Waals surface area contributed by atoms with Gasteiger partial charge in [0.2, 0.25) is 0 Å². The Morgan fingerprint density at radius 3 is 2.53 bits per heavy atom. The van der Waals surface area contributed by atoms with Gasteiger partial charge in [-0.2, -0.15) is 0 Å². The maximum absolute atomic E-state index is 5.86. The number of nitrogens with one attached hydrogen (secondary N) is 1. The summed E-state index contributed by atoms with van der Waals surface area (Å²) in [6.07, 6.45) is 0. The van der Waals surface area contributed by atoms with Crippen molar-refractivity contribution in [1.82, 2.24) is 5.32 Å². The zero-order chi connectivity index (χ0) is 12.3. The molecule has 0 radical (unpaired) electrons. The highest BCUT2D eigenvalue weighted by molar-refractivity contribution is 14.1. The van der Waals surface area contributed by atoms with Gasteiger partial charge in [-0.3, -0.25) is 0 Å². The van der Waals surface area contributed by atoms with Crippen molar-refractivity contribution in [3.8, 4) is 11.3 Å². The Hall–Kier alpha value is -0.810. The number of furan rings is 1. The maximum atomic E-state index is 5.86. The van der Waals surface area contributed by atoms with E-state index in [2.05, 4.69) is 66.0 Å². The normalized spacial score (nSPS) is 12.6. The van der Waals surface area contributed by atoms with Crippen LogP contribution in [0, 0.1) is 3.57 Å². The lowest BCUT2D eigenvalue weighted by Crippen LogP contribution is -2.16. The van der Waals surface area contributed by atoms with Gasteiger partial charge in [0.05, 0.1) is 6.04 Å². The quantitative estimate of drug-likeness (QED) is 0.843. The fourth-order valence-electron chi connectivity index (χ4n) is 1.76. The van der Waals surface area contributed by atoms with Gasteiger partial charge in [0.15, 0.2) is 0 Å². The van der Waals surface area contributed by atoms with Gasteiger partial charge in [0.25, 0.3) is 0 Å². The molecule has 0 fully saturated rings. The lowest BCUT2D eigenvalue weighted by Gasteiger charge is -2.08. The standard InChI is InChI=1S/C14H16INO/c1-3-16-10(2)13-8-9-14(17-13)11-4-6-12(15)7-5-11/h4-10,16H,3H2,1-2H3. The number of halogens is 1. The van der Waals surface area contributed by atoms with Gasteiger partial charge in [-0.05, 0) is 60.3 Å². The molecule has 2 nitrogen and oxygen atoms in total. The molecular formula is C14H16INO. The predicted molar refractivity (Wildman–Crippen MR) is 79.0 cm³/mol. The highest BCUT2D eigenvalue weighted by Crippen LogP contribution is 2.25. The second kappa shape index (κ2) is 5.69. The molecule has 0 saturated carbocycles. The first-order valence-electron chi connectivity index (χ1n) is 5.79. The van der Waals surface area contributed by atoms with Crippen molar-refractivity contribution in [3.63, 3.8) is 0 Å². The van der Waals surface area contributed by atoms with Gasteiger partial charge in [-0.25, -0.2) is 0 Å². The molecule has 1 atom stereocenters. The Bertz CT molecular complexity index is 475. The first-order valence-corrected chi connectivity index (χ1v) is 6.87. The zero-order valence-electron chi connectivity index (χ0n) is 10.0. The molecule has 1 aromatic heterocycles. The molecule has 0 bridgehead atoms. The van der Waals surface area contributed by atoms with E-state index in [1.165, 1.54) is 3.57 Å². The van der Waals surface area contributed by atoms with Crippen LogP contribution in [0.2, 0.25) is 0 Å². The highest BCUT2D eigenvalue weighted by atomic mass is 127. The van der Waals surface area contributed by atoms with Crippen LogP contribution in [0.4, 0.5) is 0 Å². The van der Waals surface area contributed by atoms with E-state index in [0.29, 0.717) is 0 Å². The minimum absolute atomic E-state index is 0.262. The van der Waals surface area contributed by atoms with Crippen molar-refractivity contribution in [1.29, 1.82) is 0 Å². The highest BCUT2D eigenvalue weighted by Gasteiger charge is 2.10. The fraction of sp³-hybridized carbons (Fsp3) is 0.286. The Morgan fingerprint density at radius 1 is 1.18 bits per heavy atom. The number of benzene rings is 1. The van der Waals surface area contributed by atoms with Gasteiger partial charge < -0.3 is 9.73 Å². The van der Waals surface area contributed by atoms with Crippen molar-refractivity contribution < 1.29 is 4.42 Å². The third-order valence-electron chi connectivity index (χ3n) is 2.69. The topological polar surface area (TPSA) is 25.2 Å². The van der Waals surface area contributed by atoms with Crippen LogP contribution in [0.3, 0.4) is 0 Å². The largest absolute Gasteiger partial charge is 0.459 e. The van der Waals surface area contributed by atoms with Crippen LogP contribution in [-0.4, -0.2) is 6.54 Å². The monoisotopic (exact) mass is 341 g/mol. The Balaban J connectivity index is 2.20. The van der Waals surface area contributed by atoms with Crippen LogP contribution < -0.4 is 5.32 Å². The molecule has 0 aliphatic rings. The first kappa shape index (κ1) is 12.6. The predicted octanol–water partition coefficient (Wildman–Crippen LogP) is 4.22. The van der Waals surface area contributed by atoms with E-state index < -0.39 is 0 Å². The molecule has 17 heavy (non-hydrogen) atoms. The number of rotatable bonds is 4. The Morgan fingerprint density at radius 2 is 1.88 bits per heavy atom. The molecule has 1 heterocycles. The summed E-state index contributed by atoms with van der Waals surface area (Å²) in [5, 5.41) is 3.34. The van der Waals surface area contributed by atoms with E-state index in [9.17, 15) is 0 Å². The van der Waals surface area contributed by atoms with E-state index in [1.807, 2.05) is 12.1 Å². The van der Waals surface area contributed by atoms with Crippen molar-refractivity contribution in [2.45, 2.75) is 19.9 Å². The number of hydrogen-bond acceptors (Lipinski definition) is 2. The second-order valence-electron chi connectivity index (χ2n) is 3.99. The third kappa shape index (κ3) is 3.10. The summed E-state index contributed by atoms with van der Waals surface area (Å²) in [6, 6.07) is 12.7. The first-order chi connectivity index (χ1) is 8.20. The molecule has 2 rings (SSSR count). The van der Waals surface area contributed by atoms with E-state index in [1.54, 1.807) is 0 Å². The molecule has 3 heteroatoms. The molecule has 0 spiro atoms. The molecule has 1 aromatic carbocycles. The van der Waals surface area contributed by atoms with Gasteiger partial charge in [0, 0.05) is 9.13 Å². The molecule has 90 valence electrons. The van der Waals surface area contributed by atoms with Crippen LogP contribution in [0.1, 0.15) is 25.6 Å². The minimum atomic E-state index is 0.262. The molecule has 1 unspecified atom stereocenters. The van der Waals surface area contributed by atoms with Crippen molar-refractivity contribution in [3.05, 3.63) is 45.7 Å². The summed E-state index contributed by atoms with van der Waals surface area (Å²) in [5.41, 5.74) is 1.13. The minimum Gasteiger partial charge on any atom is -0.459 e. The summed E-state index contributed by atoms with van der Waals surface area (Å²) < 4.78 is 7.09. The fourth-order valence-corrected chi connectivity index (χ4v) is 2.12. The van der Waals surface area contributed by atoms with E-state index in [0.717, 1.165) is 23.6 Å². The average molecular weight is 341 g/mol. The Kier molecular flexibility index (Phi) is 4.23. The van der Waals surface area contributed by atoms with Crippen LogP contribution in [0.15, 0.2) is 40.8 Å². The van der Waals surface area contributed by atoms with Crippen LogP contribution >= 0.6 is 22.6 Å². The van der Waals surface area contributed by atoms with Crippen molar-refractivity contribution in [2.24, 2.45) is 0 Å². The van der Waals surface area contributed by atoms with E-state index in [-0.39, 0.29) is 6.04 Å².